The first kappa shape index (κ1) is 18.1. The molecule has 2 N–H and O–H groups in total. The van der Waals surface area contributed by atoms with Crippen molar-refractivity contribution in [2.24, 2.45) is 0 Å². The number of nitrogens with one attached hydrogen (secondary N) is 2. The summed E-state index contributed by atoms with van der Waals surface area (Å²) in [6, 6.07) is 17.4. The zero-order chi connectivity index (χ0) is 19.7. The third-order valence-electron chi connectivity index (χ3n) is 4.66. The van der Waals surface area contributed by atoms with Gasteiger partial charge in [-0.15, -0.1) is 11.3 Å². The van der Waals surface area contributed by atoms with Gasteiger partial charge in [-0.1, -0.05) is 48.5 Å². The van der Waals surface area contributed by atoms with Crippen LogP contribution < -0.4 is 10.9 Å². The molecule has 0 bridgehead atoms. The van der Waals surface area contributed by atoms with Crippen LogP contribution in [0.1, 0.15) is 32.2 Å². The summed E-state index contributed by atoms with van der Waals surface area (Å²) in [5.74, 6) is 0.370. The van der Waals surface area contributed by atoms with E-state index in [1.165, 1.54) is 11.3 Å². The molecule has 28 heavy (non-hydrogen) atoms. The molecule has 0 aliphatic heterocycles. The predicted octanol–water partition coefficient (Wildman–Crippen LogP) is 4.44. The summed E-state index contributed by atoms with van der Waals surface area (Å²) in [6.07, 6.45) is 0.535. The van der Waals surface area contributed by atoms with Gasteiger partial charge in [0.05, 0.1) is 10.3 Å². The molecule has 0 unspecified atom stereocenters. The number of nitrogens with zero attached hydrogens (tertiary/aromatic N) is 1. The zero-order valence-electron chi connectivity index (χ0n) is 15.6. The first-order valence-electron chi connectivity index (χ1n) is 8.96. The number of carbonyl (C=O) groups excluding carboxylic acids is 1. The number of hydrogen-bond acceptors (Lipinski definition) is 4. The quantitative estimate of drug-likeness (QED) is 0.542. The van der Waals surface area contributed by atoms with Crippen LogP contribution >= 0.6 is 11.3 Å². The van der Waals surface area contributed by atoms with E-state index in [4.69, 9.17) is 0 Å². The predicted molar refractivity (Wildman–Crippen MR) is 113 cm³/mol. The fraction of sp³-hybridized carbons (Fsp3) is 0.136. The Labute approximate surface area is 166 Å². The molecule has 0 atom stereocenters. The van der Waals surface area contributed by atoms with Crippen molar-refractivity contribution in [1.29, 1.82) is 0 Å². The average Bonchev–Trinajstić information content (AvgIpc) is 3.01. The Kier molecular flexibility index (Phi) is 4.79. The molecule has 4 aromatic rings. The van der Waals surface area contributed by atoms with E-state index in [2.05, 4.69) is 15.3 Å². The monoisotopic (exact) mass is 389 g/mol. The van der Waals surface area contributed by atoms with Gasteiger partial charge in [-0.05, 0) is 36.6 Å². The van der Waals surface area contributed by atoms with Crippen LogP contribution in [0.25, 0.3) is 10.2 Å². The summed E-state index contributed by atoms with van der Waals surface area (Å²) in [4.78, 5) is 34.0. The van der Waals surface area contributed by atoms with Gasteiger partial charge in [-0.25, -0.2) is 4.98 Å². The standard InChI is InChI=1S/C22H19N3O2S/c1-13-8-6-7-11-16(13)23-21(27)19-14(2)18-20(26)24-17(25-22(18)28-19)12-15-9-4-3-5-10-15/h3-11H,12H2,1-2H3,(H,23,27)(H,24,25,26). The van der Waals surface area contributed by atoms with Crippen LogP contribution in [0.4, 0.5) is 5.69 Å². The van der Waals surface area contributed by atoms with Crippen LogP contribution in [-0.4, -0.2) is 15.9 Å². The van der Waals surface area contributed by atoms with E-state index >= 15 is 0 Å². The number of para-hydroxylation sites is 1. The molecule has 0 saturated carbocycles. The van der Waals surface area contributed by atoms with Crippen molar-refractivity contribution >= 4 is 33.1 Å². The SMILES string of the molecule is Cc1ccccc1NC(=O)c1sc2nc(Cc3ccccc3)[nH]c(=O)c2c1C. The molecule has 0 fully saturated rings. The third kappa shape index (κ3) is 3.46. The Morgan fingerprint density at radius 3 is 2.54 bits per heavy atom. The second kappa shape index (κ2) is 7.40. The minimum atomic E-state index is -0.223. The molecule has 0 spiro atoms. The van der Waals surface area contributed by atoms with Crippen LogP contribution in [0.2, 0.25) is 0 Å². The van der Waals surface area contributed by atoms with Gasteiger partial charge in [-0.2, -0.15) is 0 Å². The average molecular weight is 389 g/mol. The van der Waals surface area contributed by atoms with Gasteiger partial charge in [0, 0.05) is 12.1 Å². The van der Waals surface area contributed by atoms with Crippen LogP contribution in [0.3, 0.4) is 0 Å². The lowest BCUT2D eigenvalue weighted by Crippen LogP contribution is -2.14. The summed E-state index contributed by atoms with van der Waals surface area (Å²) < 4.78 is 0. The van der Waals surface area contributed by atoms with E-state index in [0.717, 1.165) is 16.8 Å². The summed E-state index contributed by atoms with van der Waals surface area (Å²) in [5.41, 5.74) is 3.26. The van der Waals surface area contributed by atoms with Crippen molar-refractivity contribution in [3.05, 3.63) is 92.3 Å². The molecule has 0 aliphatic carbocycles. The van der Waals surface area contributed by atoms with Gasteiger partial charge >= 0.3 is 0 Å². The number of aromatic nitrogens is 2. The maximum absolute atomic E-state index is 12.8. The summed E-state index contributed by atoms with van der Waals surface area (Å²) in [5, 5.41) is 3.42. The number of thiophene rings is 1. The van der Waals surface area contributed by atoms with Crippen LogP contribution in [-0.2, 0) is 6.42 Å². The van der Waals surface area contributed by atoms with Gasteiger partial charge in [0.15, 0.2) is 0 Å². The second-order valence-corrected chi connectivity index (χ2v) is 7.68. The molecule has 6 heteroatoms. The summed E-state index contributed by atoms with van der Waals surface area (Å²) in [6.45, 7) is 3.73. The smallest absolute Gasteiger partial charge is 0.266 e. The van der Waals surface area contributed by atoms with Crippen LogP contribution in [0.15, 0.2) is 59.4 Å². The molecule has 0 radical (unpaired) electrons. The number of aryl methyl sites for hydroxylation is 2. The van der Waals surface area contributed by atoms with Gasteiger partial charge in [0.25, 0.3) is 11.5 Å². The molecular weight excluding hydrogens is 370 g/mol. The van der Waals surface area contributed by atoms with E-state index in [1.54, 1.807) is 6.92 Å². The number of aromatic amines is 1. The lowest BCUT2D eigenvalue weighted by molar-refractivity contribution is 0.103. The number of hydrogen-bond donors (Lipinski definition) is 2. The summed E-state index contributed by atoms with van der Waals surface area (Å²) >= 11 is 1.25. The highest BCUT2D eigenvalue weighted by Crippen LogP contribution is 2.28. The van der Waals surface area contributed by atoms with Crippen molar-refractivity contribution in [2.45, 2.75) is 20.3 Å². The Bertz CT molecular complexity index is 1230. The molecule has 2 heterocycles. The molecule has 140 valence electrons. The molecule has 1 amide bonds. The summed E-state index contributed by atoms with van der Waals surface area (Å²) in [7, 11) is 0. The van der Waals surface area contributed by atoms with Crippen molar-refractivity contribution in [2.75, 3.05) is 5.32 Å². The molecule has 2 aromatic carbocycles. The normalized spacial score (nSPS) is 10.9. The van der Waals surface area contributed by atoms with Crippen LogP contribution in [0, 0.1) is 13.8 Å². The minimum Gasteiger partial charge on any atom is -0.321 e. The van der Waals surface area contributed by atoms with E-state index in [1.807, 2.05) is 61.5 Å². The molecule has 5 nitrogen and oxygen atoms in total. The van der Waals surface area contributed by atoms with Gasteiger partial charge in [0.2, 0.25) is 0 Å². The van der Waals surface area contributed by atoms with Crippen molar-refractivity contribution < 1.29 is 4.79 Å². The Morgan fingerprint density at radius 2 is 1.79 bits per heavy atom. The first-order chi connectivity index (χ1) is 13.5. The van der Waals surface area contributed by atoms with Crippen LogP contribution in [0.5, 0.6) is 0 Å². The molecule has 2 aromatic heterocycles. The maximum Gasteiger partial charge on any atom is 0.266 e. The fourth-order valence-electron chi connectivity index (χ4n) is 3.17. The molecule has 4 rings (SSSR count). The van der Waals surface area contributed by atoms with Gasteiger partial charge in [0.1, 0.15) is 10.7 Å². The Balaban J connectivity index is 1.70. The lowest BCUT2D eigenvalue weighted by Gasteiger charge is -2.07. The number of benzene rings is 2. The van der Waals surface area contributed by atoms with E-state index in [9.17, 15) is 9.59 Å². The maximum atomic E-state index is 12.8. The number of H-pyrrole nitrogens is 1. The highest BCUT2D eigenvalue weighted by Gasteiger charge is 2.20. The first-order valence-corrected chi connectivity index (χ1v) is 9.78. The largest absolute Gasteiger partial charge is 0.321 e. The number of fused-ring (bicyclic) bond motifs is 1. The highest BCUT2D eigenvalue weighted by atomic mass is 32.1. The third-order valence-corrected chi connectivity index (χ3v) is 5.85. The van der Waals surface area contributed by atoms with Gasteiger partial charge in [-0.3, -0.25) is 9.59 Å². The lowest BCUT2D eigenvalue weighted by atomic mass is 10.1. The number of amides is 1. The van der Waals surface area contributed by atoms with Crippen molar-refractivity contribution in [3.63, 3.8) is 0 Å². The number of carbonyl (C=O) groups is 1. The van der Waals surface area contributed by atoms with Crippen molar-refractivity contribution in [3.8, 4) is 0 Å². The van der Waals surface area contributed by atoms with Gasteiger partial charge < -0.3 is 10.3 Å². The second-order valence-electron chi connectivity index (χ2n) is 6.68. The van der Waals surface area contributed by atoms with E-state index in [-0.39, 0.29) is 11.5 Å². The number of rotatable bonds is 4. The minimum absolute atomic E-state index is 0.209. The fourth-order valence-corrected chi connectivity index (χ4v) is 4.27. The molecular formula is C22H19N3O2S. The zero-order valence-corrected chi connectivity index (χ0v) is 16.4. The topological polar surface area (TPSA) is 74.8 Å². The highest BCUT2D eigenvalue weighted by molar-refractivity contribution is 7.20. The Morgan fingerprint density at radius 1 is 1.07 bits per heavy atom. The molecule has 0 saturated heterocycles. The molecule has 0 aliphatic rings. The Hall–Kier alpha value is -3.25. The van der Waals surface area contributed by atoms with E-state index < -0.39 is 0 Å². The number of anilines is 1. The van der Waals surface area contributed by atoms with Crippen molar-refractivity contribution in [1.82, 2.24) is 9.97 Å². The van der Waals surface area contributed by atoms with E-state index in [0.29, 0.717) is 32.9 Å².